The van der Waals surface area contributed by atoms with Crippen molar-refractivity contribution >= 4 is 15.7 Å². The van der Waals surface area contributed by atoms with Gasteiger partial charge in [0.1, 0.15) is 0 Å². The van der Waals surface area contributed by atoms with Gasteiger partial charge in [0.05, 0.1) is 11.4 Å². The third kappa shape index (κ3) is 5.47. The topological polar surface area (TPSA) is 66.6 Å². The highest BCUT2D eigenvalue weighted by Crippen LogP contribution is 2.29. The zero-order valence-corrected chi connectivity index (χ0v) is 16.9. The monoisotopic (exact) mass is 377 g/mol. The van der Waals surface area contributed by atoms with Gasteiger partial charge >= 0.3 is 0 Å². The molecular weight excluding hydrogens is 346 g/mol. The normalized spacial score (nSPS) is 20.8. The number of sulfonamides is 1. The van der Waals surface area contributed by atoms with Crippen molar-refractivity contribution in [2.45, 2.75) is 50.0 Å². The largest absolute Gasteiger partial charge is 0.399 e. The van der Waals surface area contributed by atoms with Gasteiger partial charge in [-0.1, -0.05) is 18.8 Å². The Bertz CT molecular complexity index is 727. The number of hydrogen-bond donors (Lipinski definition) is 1. The lowest BCUT2D eigenvalue weighted by Crippen LogP contribution is -2.39. The summed E-state index contributed by atoms with van der Waals surface area (Å²) >= 11 is 0. The molecule has 26 heavy (non-hydrogen) atoms. The highest BCUT2D eigenvalue weighted by Gasteiger charge is 2.31. The summed E-state index contributed by atoms with van der Waals surface area (Å²) in [6.45, 7) is 4.04. The molecule has 1 saturated carbocycles. The molecule has 0 amide bonds. The molecule has 0 unspecified atom stereocenters. The SMILES string of the molecule is CCCN(C)CC#CC1CCC(N(C)S(=O)(=O)c2ccc(N)cc2)CC1. The Morgan fingerprint density at radius 3 is 2.31 bits per heavy atom. The molecule has 0 aromatic heterocycles. The summed E-state index contributed by atoms with van der Waals surface area (Å²) < 4.78 is 27.1. The van der Waals surface area contributed by atoms with Crippen molar-refractivity contribution in [1.29, 1.82) is 0 Å². The summed E-state index contributed by atoms with van der Waals surface area (Å²) in [5.74, 6) is 7.03. The van der Waals surface area contributed by atoms with Crippen molar-refractivity contribution in [2.75, 3.05) is 32.9 Å². The Morgan fingerprint density at radius 2 is 1.73 bits per heavy atom. The van der Waals surface area contributed by atoms with Gasteiger partial charge in [-0.2, -0.15) is 4.31 Å². The van der Waals surface area contributed by atoms with Crippen LogP contribution in [0.1, 0.15) is 39.0 Å². The second-order valence-electron chi connectivity index (χ2n) is 7.15. The minimum atomic E-state index is -3.47. The first-order chi connectivity index (χ1) is 12.3. The highest BCUT2D eigenvalue weighted by molar-refractivity contribution is 7.89. The molecule has 0 bridgehead atoms. The molecule has 0 aliphatic heterocycles. The summed E-state index contributed by atoms with van der Waals surface area (Å²) in [5, 5.41) is 0. The quantitative estimate of drug-likeness (QED) is 0.611. The van der Waals surface area contributed by atoms with Crippen LogP contribution in [0.4, 0.5) is 5.69 Å². The smallest absolute Gasteiger partial charge is 0.243 e. The maximum atomic E-state index is 12.8. The lowest BCUT2D eigenvalue weighted by Gasteiger charge is -2.32. The van der Waals surface area contributed by atoms with Gasteiger partial charge in [0.2, 0.25) is 10.0 Å². The van der Waals surface area contributed by atoms with Crippen LogP contribution in [0, 0.1) is 17.8 Å². The zero-order chi connectivity index (χ0) is 19.2. The molecule has 0 heterocycles. The lowest BCUT2D eigenvalue weighted by atomic mass is 9.86. The number of rotatable bonds is 6. The van der Waals surface area contributed by atoms with Gasteiger partial charge in [-0.05, 0) is 70.0 Å². The predicted octanol–water partition coefficient (Wildman–Crippen LogP) is 2.79. The van der Waals surface area contributed by atoms with E-state index in [1.807, 2.05) is 0 Å². The lowest BCUT2D eigenvalue weighted by molar-refractivity contribution is 0.262. The molecule has 0 atom stereocenters. The Balaban J connectivity index is 1.91. The Morgan fingerprint density at radius 1 is 1.12 bits per heavy atom. The van der Waals surface area contributed by atoms with E-state index in [1.165, 1.54) is 4.31 Å². The Hall–Kier alpha value is -1.55. The van der Waals surface area contributed by atoms with Crippen LogP contribution in [0.25, 0.3) is 0 Å². The second-order valence-corrected chi connectivity index (χ2v) is 9.15. The van der Waals surface area contributed by atoms with Crippen LogP contribution in [-0.2, 0) is 10.0 Å². The molecule has 2 N–H and O–H groups in total. The van der Waals surface area contributed by atoms with Crippen molar-refractivity contribution in [3.05, 3.63) is 24.3 Å². The predicted molar refractivity (Wildman–Crippen MR) is 107 cm³/mol. The van der Waals surface area contributed by atoms with Crippen molar-refractivity contribution < 1.29 is 8.42 Å². The number of nitrogens with zero attached hydrogens (tertiary/aromatic N) is 2. The van der Waals surface area contributed by atoms with Crippen LogP contribution in [0.5, 0.6) is 0 Å². The van der Waals surface area contributed by atoms with E-state index in [1.54, 1.807) is 31.3 Å². The van der Waals surface area contributed by atoms with Gasteiger partial charge in [0, 0.05) is 24.7 Å². The van der Waals surface area contributed by atoms with E-state index >= 15 is 0 Å². The maximum Gasteiger partial charge on any atom is 0.243 e. The Labute approximate surface area is 158 Å². The van der Waals surface area contributed by atoms with Crippen LogP contribution < -0.4 is 5.73 Å². The van der Waals surface area contributed by atoms with E-state index in [2.05, 4.69) is 30.7 Å². The first-order valence-electron chi connectivity index (χ1n) is 9.35. The summed E-state index contributed by atoms with van der Waals surface area (Å²) in [4.78, 5) is 2.53. The van der Waals surface area contributed by atoms with Crippen molar-refractivity contribution in [1.82, 2.24) is 9.21 Å². The Kier molecular flexibility index (Phi) is 7.51. The summed E-state index contributed by atoms with van der Waals surface area (Å²) in [6, 6.07) is 6.44. The third-order valence-electron chi connectivity index (χ3n) is 5.03. The average Bonchev–Trinajstić information content (AvgIpc) is 2.62. The van der Waals surface area contributed by atoms with Gasteiger partial charge in [0.25, 0.3) is 0 Å². The highest BCUT2D eigenvalue weighted by atomic mass is 32.2. The summed E-state index contributed by atoms with van der Waals surface area (Å²) in [5.41, 5.74) is 6.22. The first-order valence-corrected chi connectivity index (χ1v) is 10.8. The minimum Gasteiger partial charge on any atom is -0.399 e. The molecular formula is C20H31N3O2S. The van der Waals surface area contributed by atoms with Gasteiger partial charge < -0.3 is 5.73 Å². The van der Waals surface area contributed by atoms with Crippen LogP contribution >= 0.6 is 0 Å². The molecule has 1 aromatic carbocycles. The zero-order valence-electron chi connectivity index (χ0n) is 16.1. The van der Waals surface area contributed by atoms with E-state index in [0.717, 1.165) is 45.2 Å². The van der Waals surface area contributed by atoms with Crippen LogP contribution in [-0.4, -0.2) is 50.8 Å². The molecule has 0 spiro atoms. The summed E-state index contributed by atoms with van der Waals surface area (Å²) in [6.07, 6.45) is 4.76. The maximum absolute atomic E-state index is 12.8. The second kappa shape index (κ2) is 9.40. The van der Waals surface area contributed by atoms with Crippen molar-refractivity contribution in [2.24, 2.45) is 5.92 Å². The molecule has 1 fully saturated rings. The number of nitrogen functional groups attached to an aromatic ring is 1. The van der Waals surface area contributed by atoms with Gasteiger partial charge in [0.15, 0.2) is 0 Å². The van der Waals surface area contributed by atoms with E-state index in [4.69, 9.17) is 5.73 Å². The molecule has 144 valence electrons. The summed E-state index contributed by atoms with van der Waals surface area (Å²) in [7, 11) is 0.300. The molecule has 5 nitrogen and oxygen atoms in total. The fraction of sp³-hybridized carbons (Fsp3) is 0.600. The molecule has 6 heteroatoms. The number of benzene rings is 1. The van der Waals surface area contributed by atoms with Crippen LogP contribution in [0.2, 0.25) is 0 Å². The van der Waals surface area contributed by atoms with E-state index in [-0.39, 0.29) is 6.04 Å². The van der Waals surface area contributed by atoms with Crippen LogP contribution in [0.15, 0.2) is 29.2 Å². The van der Waals surface area contributed by atoms with Crippen molar-refractivity contribution in [3.63, 3.8) is 0 Å². The van der Waals surface area contributed by atoms with Crippen LogP contribution in [0.3, 0.4) is 0 Å². The van der Waals surface area contributed by atoms with Crippen molar-refractivity contribution in [3.8, 4) is 11.8 Å². The van der Waals surface area contributed by atoms with Gasteiger partial charge in [-0.15, -0.1) is 0 Å². The molecule has 1 aromatic rings. The van der Waals surface area contributed by atoms with Gasteiger partial charge in [-0.3, -0.25) is 4.90 Å². The molecule has 0 radical (unpaired) electrons. The standard InChI is InChI=1S/C20H31N3O2S/c1-4-15-22(2)16-5-6-17-7-11-19(12-8-17)23(3)26(24,25)20-13-9-18(21)10-14-20/h9-10,13-14,17,19H,4,7-8,11-12,15-16,21H2,1-3H3. The minimum absolute atomic E-state index is 0.0402. The number of anilines is 1. The molecule has 1 aliphatic carbocycles. The fourth-order valence-electron chi connectivity index (χ4n) is 3.37. The van der Waals surface area contributed by atoms with E-state index in [9.17, 15) is 8.42 Å². The molecule has 1 aliphatic rings. The average molecular weight is 378 g/mol. The number of hydrogen-bond acceptors (Lipinski definition) is 4. The van der Waals surface area contributed by atoms with E-state index in [0.29, 0.717) is 16.5 Å². The van der Waals surface area contributed by atoms with E-state index < -0.39 is 10.0 Å². The molecule has 0 saturated heterocycles. The fourth-order valence-corrected chi connectivity index (χ4v) is 4.79. The van der Waals surface area contributed by atoms with Gasteiger partial charge in [-0.25, -0.2) is 8.42 Å². The first kappa shape index (κ1) is 20.8. The molecule has 2 rings (SSSR count). The number of nitrogens with two attached hydrogens (primary N) is 1. The third-order valence-corrected chi connectivity index (χ3v) is 6.95.